The quantitative estimate of drug-likeness (QED) is 0.702. The van der Waals surface area contributed by atoms with Crippen molar-refractivity contribution in [1.82, 2.24) is 10.1 Å². The zero-order valence-electron chi connectivity index (χ0n) is 8.73. The largest absolute Gasteiger partial charge is 0.381 e. The minimum absolute atomic E-state index is 0.156. The molecule has 1 aromatic rings. The lowest BCUT2D eigenvalue weighted by Crippen LogP contribution is -2.17. The van der Waals surface area contributed by atoms with Gasteiger partial charge in [0.15, 0.2) is 0 Å². The van der Waals surface area contributed by atoms with Gasteiger partial charge in [0.05, 0.1) is 0 Å². The summed E-state index contributed by atoms with van der Waals surface area (Å²) in [6, 6.07) is 0. The van der Waals surface area contributed by atoms with E-state index in [0.29, 0.717) is 11.8 Å². The summed E-state index contributed by atoms with van der Waals surface area (Å²) < 4.78 is 10.3. The third kappa shape index (κ3) is 2.62. The highest BCUT2D eigenvalue weighted by Crippen LogP contribution is 2.18. The molecule has 1 fully saturated rings. The number of hydrogen-bond acceptors (Lipinski definition) is 5. The number of aromatic nitrogens is 2. The first-order valence-corrected chi connectivity index (χ1v) is 5.17. The lowest BCUT2D eigenvalue weighted by Gasteiger charge is -2.19. The number of Topliss-reactive ketones (excluding diaryl/α,β-unsaturated/α-hetero) is 1. The fraction of sp³-hybridized carbons (Fsp3) is 0.700. The summed E-state index contributed by atoms with van der Waals surface area (Å²) in [7, 11) is 0. The van der Waals surface area contributed by atoms with Crippen molar-refractivity contribution in [3.05, 3.63) is 11.7 Å². The van der Waals surface area contributed by atoms with Gasteiger partial charge in [0.1, 0.15) is 0 Å². The standard InChI is InChI=1S/C10H14N2O3/c1-7(13)10-11-9(15-12-10)6-8-2-4-14-5-3-8/h8H,2-6H2,1H3. The van der Waals surface area contributed by atoms with Gasteiger partial charge in [-0.3, -0.25) is 4.79 Å². The maximum atomic E-state index is 10.9. The van der Waals surface area contributed by atoms with Gasteiger partial charge in [0.2, 0.25) is 17.5 Å². The van der Waals surface area contributed by atoms with Gasteiger partial charge >= 0.3 is 0 Å². The highest BCUT2D eigenvalue weighted by Gasteiger charge is 2.18. The van der Waals surface area contributed by atoms with E-state index in [0.717, 1.165) is 32.5 Å². The zero-order valence-corrected chi connectivity index (χ0v) is 8.73. The first-order valence-electron chi connectivity index (χ1n) is 5.17. The van der Waals surface area contributed by atoms with Crippen LogP contribution in [0.3, 0.4) is 0 Å². The predicted molar refractivity (Wildman–Crippen MR) is 51.5 cm³/mol. The molecule has 2 heterocycles. The molecule has 0 bridgehead atoms. The fourth-order valence-corrected chi connectivity index (χ4v) is 1.68. The molecule has 5 nitrogen and oxygen atoms in total. The Morgan fingerprint density at radius 3 is 2.80 bits per heavy atom. The normalized spacial score (nSPS) is 17.9. The van der Waals surface area contributed by atoms with Crippen LogP contribution in [0.5, 0.6) is 0 Å². The number of nitrogens with zero attached hydrogens (tertiary/aromatic N) is 2. The van der Waals surface area contributed by atoms with Crippen molar-refractivity contribution in [1.29, 1.82) is 0 Å². The lowest BCUT2D eigenvalue weighted by atomic mass is 9.97. The highest BCUT2D eigenvalue weighted by atomic mass is 16.5. The Morgan fingerprint density at radius 1 is 1.47 bits per heavy atom. The second-order valence-electron chi connectivity index (χ2n) is 3.83. The number of hydrogen-bond donors (Lipinski definition) is 0. The summed E-state index contributed by atoms with van der Waals surface area (Å²) in [5.74, 6) is 1.13. The molecule has 1 aromatic heterocycles. The van der Waals surface area contributed by atoms with E-state index in [4.69, 9.17) is 9.26 Å². The van der Waals surface area contributed by atoms with Crippen molar-refractivity contribution in [3.63, 3.8) is 0 Å². The predicted octanol–water partition coefficient (Wildman–Crippen LogP) is 1.24. The van der Waals surface area contributed by atoms with Crippen molar-refractivity contribution in [2.24, 2.45) is 5.92 Å². The summed E-state index contributed by atoms with van der Waals surface area (Å²) in [6.45, 7) is 3.04. The lowest BCUT2D eigenvalue weighted by molar-refractivity contribution is 0.0642. The van der Waals surface area contributed by atoms with Crippen LogP contribution in [0.4, 0.5) is 0 Å². The van der Waals surface area contributed by atoms with E-state index in [1.54, 1.807) is 0 Å². The number of carbonyl (C=O) groups excluding carboxylic acids is 1. The molecule has 0 N–H and O–H groups in total. The first-order chi connectivity index (χ1) is 7.25. The molecule has 0 amide bonds. The van der Waals surface area contributed by atoms with Crippen LogP contribution in [0.25, 0.3) is 0 Å². The molecule has 15 heavy (non-hydrogen) atoms. The Kier molecular flexibility index (Phi) is 3.11. The van der Waals surface area contributed by atoms with E-state index in [1.165, 1.54) is 6.92 Å². The first kappa shape index (κ1) is 10.3. The second-order valence-corrected chi connectivity index (χ2v) is 3.83. The van der Waals surface area contributed by atoms with Crippen molar-refractivity contribution < 1.29 is 14.1 Å². The van der Waals surface area contributed by atoms with Crippen LogP contribution in [-0.4, -0.2) is 29.1 Å². The number of carbonyl (C=O) groups is 1. The van der Waals surface area contributed by atoms with Gasteiger partial charge in [-0.15, -0.1) is 0 Å². The summed E-state index contributed by atoms with van der Waals surface area (Å²) in [6.07, 6.45) is 2.80. The molecule has 1 aliphatic heterocycles. The number of ether oxygens (including phenoxy) is 1. The van der Waals surface area contributed by atoms with Gasteiger partial charge in [-0.1, -0.05) is 5.16 Å². The molecule has 0 aromatic carbocycles. The van der Waals surface area contributed by atoms with E-state index in [-0.39, 0.29) is 11.6 Å². The second kappa shape index (κ2) is 4.53. The Bertz CT molecular complexity index is 342. The molecule has 0 spiro atoms. The molecule has 0 aliphatic carbocycles. The van der Waals surface area contributed by atoms with E-state index in [2.05, 4.69) is 10.1 Å². The van der Waals surface area contributed by atoms with Gasteiger partial charge in [0.25, 0.3) is 0 Å². The van der Waals surface area contributed by atoms with Gasteiger partial charge < -0.3 is 9.26 Å². The van der Waals surface area contributed by atoms with E-state index < -0.39 is 0 Å². The molecule has 0 unspecified atom stereocenters. The van der Waals surface area contributed by atoms with Crippen molar-refractivity contribution >= 4 is 5.78 Å². The average molecular weight is 210 g/mol. The van der Waals surface area contributed by atoms with Crippen LogP contribution < -0.4 is 0 Å². The zero-order chi connectivity index (χ0) is 10.7. The van der Waals surface area contributed by atoms with Crippen molar-refractivity contribution in [3.8, 4) is 0 Å². The van der Waals surface area contributed by atoms with Gasteiger partial charge in [-0.2, -0.15) is 4.98 Å². The van der Waals surface area contributed by atoms with Crippen LogP contribution >= 0.6 is 0 Å². The molecule has 0 atom stereocenters. The van der Waals surface area contributed by atoms with E-state index in [1.807, 2.05) is 0 Å². The molecule has 0 radical (unpaired) electrons. The van der Waals surface area contributed by atoms with Crippen molar-refractivity contribution in [2.75, 3.05) is 13.2 Å². The third-order valence-electron chi connectivity index (χ3n) is 2.59. The minimum Gasteiger partial charge on any atom is -0.381 e. The monoisotopic (exact) mass is 210 g/mol. The summed E-state index contributed by atoms with van der Waals surface area (Å²) in [5, 5.41) is 3.61. The van der Waals surface area contributed by atoms with Gasteiger partial charge in [-0.25, -0.2) is 0 Å². The summed E-state index contributed by atoms with van der Waals surface area (Å²) >= 11 is 0. The smallest absolute Gasteiger partial charge is 0.238 e. The van der Waals surface area contributed by atoms with Crippen LogP contribution in [0, 0.1) is 5.92 Å². The Hall–Kier alpha value is -1.23. The SMILES string of the molecule is CC(=O)c1noc(CC2CCOCC2)n1. The minimum atomic E-state index is -0.156. The van der Waals surface area contributed by atoms with Crippen LogP contribution in [0.2, 0.25) is 0 Å². The molecule has 1 aliphatic rings. The summed E-state index contributed by atoms with van der Waals surface area (Å²) in [4.78, 5) is 15.0. The average Bonchev–Trinajstić information content (AvgIpc) is 2.68. The Morgan fingerprint density at radius 2 is 2.20 bits per heavy atom. The van der Waals surface area contributed by atoms with Gasteiger partial charge in [-0.05, 0) is 18.8 Å². The third-order valence-corrected chi connectivity index (χ3v) is 2.59. The van der Waals surface area contributed by atoms with Crippen LogP contribution in [0.15, 0.2) is 4.52 Å². The topological polar surface area (TPSA) is 65.2 Å². The highest BCUT2D eigenvalue weighted by molar-refractivity contribution is 5.89. The Labute approximate surface area is 87.8 Å². The fourth-order valence-electron chi connectivity index (χ4n) is 1.68. The van der Waals surface area contributed by atoms with E-state index in [9.17, 15) is 4.79 Å². The molecule has 2 rings (SSSR count). The van der Waals surface area contributed by atoms with Crippen LogP contribution in [-0.2, 0) is 11.2 Å². The maximum absolute atomic E-state index is 10.9. The number of rotatable bonds is 3. The van der Waals surface area contributed by atoms with Gasteiger partial charge in [0, 0.05) is 26.6 Å². The number of ketones is 1. The maximum Gasteiger partial charge on any atom is 0.238 e. The summed E-state index contributed by atoms with van der Waals surface area (Å²) in [5.41, 5.74) is 0. The molecular formula is C10H14N2O3. The molecule has 1 saturated heterocycles. The Balaban J connectivity index is 1.94. The molecule has 82 valence electrons. The molecule has 0 saturated carbocycles. The van der Waals surface area contributed by atoms with E-state index >= 15 is 0 Å². The van der Waals surface area contributed by atoms with Crippen molar-refractivity contribution in [2.45, 2.75) is 26.2 Å². The molecule has 5 heteroatoms. The molecular weight excluding hydrogens is 196 g/mol. The van der Waals surface area contributed by atoms with Crippen LogP contribution in [0.1, 0.15) is 36.3 Å².